The lowest BCUT2D eigenvalue weighted by Crippen LogP contribution is -2.54. The molecular weight excluding hydrogens is 360 g/mol. The molecule has 1 aliphatic rings. The van der Waals surface area contributed by atoms with Crippen molar-refractivity contribution in [2.45, 2.75) is 19.8 Å². The van der Waals surface area contributed by atoms with E-state index in [2.05, 4.69) is 5.32 Å². The molecule has 3 rings (SSSR count). The molecule has 2 aromatic rings. The van der Waals surface area contributed by atoms with Crippen molar-refractivity contribution in [3.05, 3.63) is 70.8 Å². The van der Waals surface area contributed by atoms with Crippen molar-refractivity contribution >= 4 is 35.6 Å². The third-order valence-electron chi connectivity index (χ3n) is 4.39. The second-order valence-electron chi connectivity index (χ2n) is 6.63. The minimum Gasteiger partial charge on any atom is -0.478 e. The van der Waals surface area contributed by atoms with Crippen LogP contribution in [0.25, 0.3) is 6.08 Å². The number of barbiturate groups is 1. The second kappa shape index (κ2) is 7.48. The van der Waals surface area contributed by atoms with Gasteiger partial charge in [0.05, 0.1) is 11.3 Å². The summed E-state index contributed by atoms with van der Waals surface area (Å²) in [5.74, 6) is -2.32. The molecule has 0 spiro atoms. The van der Waals surface area contributed by atoms with E-state index in [9.17, 15) is 19.2 Å². The monoisotopic (exact) mass is 378 g/mol. The van der Waals surface area contributed by atoms with Gasteiger partial charge in [0.1, 0.15) is 5.57 Å². The van der Waals surface area contributed by atoms with E-state index >= 15 is 0 Å². The smallest absolute Gasteiger partial charge is 0.335 e. The highest BCUT2D eigenvalue weighted by atomic mass is 16.4. The molecule has 0 bridgehead atoms. The first-order chi connectivity index (χ1) is 13.3. The molecule has 0 radical (unpaired) electrons. The van der Waals surface area contributed by atoms with Gasteiger partial charge in [0.2, 0.25) is 0 Å². The van der Waals surface area contributed by atoms with E-state index in [4.69, 9.17) is 5.11 Å². The van der Waals surface area contributed by atoms with Crippen LogP contribution >= 0.6 is 0 Å². The van der Waals surface area contributed by atoms with Crippen LogP contribution in [0, 0.1) is 0 Å². The van der Waals surface area contributed by atoms with Crippen molar-refractivity contribution in [1.29, 1.82) is 0 Å². The number of amides is 4. The Balaban J connectivity index is 1.94. The predicted octanol–water partition coefficient (Wildman–Crippen LogP) is 3.17. The van der Waals surface area contributed by atoms with Crippen LogP contribution in [0.4, 0.5) is 10.5 Å². The van der Waals surface area contributed by atoms with Gasteiger partial charge in [-0.05, 0) is 47.4 Å². The van der Waals surface area contributed by atoms with Gasteiger partial charge in [-0.1, -0.05) is 38.1 Å². The first-order valence-electron chi connectivity index (χ1n) is 8.62. The zero-order valence-corrected chi connectivity index (χ0v) is 15.3. The summed E-state index contributed by atoms with van der Waals surface area (Å²) in [4.78, 5) is 49.1. The molecule has 1 heterocycles. The summed E-state index contributed by atoms with van der Waals surface area (Å²) in [6.07, 6.45) is 1.32. The molecule has 7 heteroatoms. The molecule has 1 aliphatic heterocycles. The number of carbonyl (C=O) groups excluding carboxylic acids is 3. The van der Waals surface area contributed by atoms with Crippen molar-refractivity contribution in [3.63, 3.8) is 0 Å². The van der Waals surface area contributed by atoms with Crippen molar-refractivity contribution in [2.75, 3.05) is 4.90 Å². The molecule has 0 aliphatic carbocycles. The van der Waals surface area contributed by atoms with Crippen LogP contribution in [0.5, 0.6) is 0 Å². The fourth-order valence-corrected chi connectivity index (χ4v) is 2.79. The number of nitrogens with zero attached hydrogens (tertiary/aromatic N) is 1. The summed E-state index contributed by atoms with van der Waals surface area (Å²) in [7, 11) is 0. The maximum absolute atomic E-state index is 12.8. The summed E-state index contributed by atoms with van der Waals surface area (Å²) in [5, 5.41) is 11.1. The minimum absolute atomic E-state index is 0.0867. The average molecular weight is 378 g/mol. The molecule has 142 valence electrons. The van der Waals surface area contributed by atoms with E-state index in [0.29, 0.717) is 17.2 Å². The van der Waals surface area contributed by atoms with Gasteiger partial charge < -0.3 is 5.11 Å². The number of aromatic carboxylic acids is 1. The molecule has 2 N–H and O–H groups in total. The number of benzene rings is 2. The molecule has 0 saturated carbocycles. The largest absolute Gasteiger partial charge is 0.478 e. The molecular formula is C21H18N2O5. The van der Waals surface area contributed by atoms with Gasteiger partial charge in [-0.2, -0.15) is 0 Å². The van der Waals surface area contributed by atoms with E-state index < -0.39 is 23.8 Å². The highest BCUT2D eigenvalue weighted by molar-refractivity contribution is 6.39. The van der Waals surface area contributed by atoms with Crippen molar-refractivity contribution < 1.29 is 24.3 Å². The number of imide groups is 2. The number of carboxylic acid groups (broad SMARTS) is 1. The Bertz CT molecular complexity index is 988. The molecule has 1 fully saturated rings. The fourth-order valence-electron chi connectivity index (χ4n) is 2.79. The Morgan fingerprint density at radius 1 is 1.00 bits per heavy atom. The third kappa shape index (κ3) is 3.68. The van der Waals surface area contributed by atoms with Gasteiger partial charge in [0.25, 0.3) is 11.8 Å². The summed E-state index contributed by atoms with van der Waals surface area (Å²) in [6.45, 7) is 4.06. The van der Waals surface area contributed by atoms with Gasteiger partial charge in [-0.25, -0.2) is 14.5 Å². The highest BCUT2D eigenvalue weighted by Crippen LogP contribution is 2.24. The lowest BCUT2D eigenvalue weighted by molar-refractivity contribution is -0.122. The van der Waals surface area contributed by atoms with Crippen LogP contribution in [0.3, 0.4) is 0 Å². The van der Waals surface area contributed by atoms with Crippen LogP contribution in [-0.4, -0.2) is 28.9 Å². The molecule has 0 aromatic heterocycles. The first-order valence-corrected chi connectivity index (χ1v) is 8.62. The maximum atomic E-state index is 12.8. The number of rotatable bonds is 4. The van der Waals surface area contributed by atoms with Gasteiger partial charge in [0, 0.05) is 0 Å². The Labute approximate surface area is 161 Å². The summed E-state index contributed by atoms with van der Waals surface area (Å²) < 4.78 is 0. The Morgan fingerprint density at radius 2 is 1.61 bits per heavy atom. The number of anilines is 1. The number of hydrogen-bond donors (Lipinski definition) is 2. The lowest BCUT2D eigenvalue weighted by atomic mass is 10.0. The van der Waals surface area contributed by atoms with Gasteiger partial charge >= 0.3 is 12.0 Å². The number of carbonyl (C=O) groups is 4. The Kier molecular flexibility index (Phi) is 5.08. The van der Waals surface area contributed by atoms with Crippen LogP contribution in [-0.2, 0) is 9.59 Å². The van der Waals surface area contributed by atoms with E-state index in [-0.39, 0.29) is 11.1 Å². The molecule has 7 nitrogen and oxygen atoms in total. The number of carboxylic acids is 1. The summed E-state index contributed by atoms with van der Waals surface area (Å²) in [5.41, 5.74) is 1.75. The molecule has 0 unspecified atom stereocenters. The standard InChI is InChI=1S/C21H18N2O5/c1-12(2)14-7-9-16(10-8-14)23-19(25)17(18(24)22-21(23)28)11-13-3-5-15(6-4-13)20(26)27/h3-12H,1-2H3,(H,26,27)(H,22,24,28). The zero-order valence-electron chi connectivity index (χ0n) is 15.3. The molecule has 28 heavy (non-hydrogen) atoms. The Hall–Kier alpha value is -3.74. The second-order valence-corrected chi connectivity index (χ2v) is 6.63. The van der Waals surface area contributed by atoms with Crippen LogP contribution in [0.2, 0.25) is 0 Å². The van der Waals surface area contributed by atoms with Crippen LogP contribution in [0.15, 0.2) is 54.1 Å². The fraction of sp³-hybridized carbons (Fsp3) is 0.143. The van der Waals surface area contributed by atoms with Crippen molar-refractivity contribution in [2.24, 2.45) is 0 Å². The van der Waals surface area contributed by atoms with Crippen LogP contribution < -0.4 is 10.2 Å². The van der Waals surface area contributed by atoms with Crippen molar-refractivity contribution in [3.8, 4) is 0 Å². The Morgan fingerprint density at radius 3 is 2.14 bits per heavy atom. The molecule has 0 atom stereocenters. The predicted molar refractivity (Wildman–Crippen MR) is 103 cm³/mol. The maximum Gasteiger partial charge on any atom is 0.335 e. The van der Waals surface area contributed by atoms with Crippen LogP contribution in [0.1, 0.15) is 41.3 Å². The number of urea groups is 1. The molecule has 2 aromatic carbocycles. The number of nitrogens with one attached hydrogen (secondary N) is 1. The molecule has 1 saturated heterocycles. The number of hydrogen-bond acceptors (Lipinski definition) is 4. The topological polar surface area (TPSA) is 104 Å². The third-order valence-corrected chi connectivity index (χ3v) is 4.39. The van der Waals surface area contributed by atoms with Gasteiger partial charge in [0.15, 0.2) is 0 Å². The van der Waals surface area contributed by atoms with E-state index in [1.807, 2.05) is 26.0 Å². The first kappa shape index (κ1) is 19.0. The molecule has 4 amide bonds. The van der Waals surface area contributed by atoms with Gasteiger partial charge in [-0.15, -0.1) is 0 Å². The highest BCUT2D eigenvalue weighted by Gasteiger charge is 2.36. The summed E-state index contributed by atoms with van der Waals surface area (Å²) in [6, 6.07) is 11.8. The minimum atomic E-state index is -1.08. The van der Waals surface area contributed by atoms with Gasteiger partial charge in [-0.3, -0.25) is 14.9 Å². The van der Waals surface area contributed by atoms with E-state index in [0.717, 1.165) is 10.5 Å². The van der Waals surface area contributed by atoms with Crippen molar-refractivity contribution in [1.82, 2.24) is 5.32 Å². The van der Waals surface area contributed by atoms with E-state index in [1.54, 1.807) is 12.1 Å². The normalized spacial score (nSPS) is 15.9. The zero-order chi connectivity index (χ0) is 20.4. The quantitative estimate of drug-likeness (QED) is 0.628. The lowest BCUT2D eigenvalue weighted by Gasteiger charge is -2.26. The average Bonchev–Trinajstić information content (AvgIpc) is 2.65. The SMILES string of the molecule is CC(C)c1ccc(N2C(=O)NC(=O)C(=Cc3ccc(C(=O)O)cc3)C2=O)cc1. The summed E-state index contributed by atoms with van der Waals surface area (Å²) >= 11 is 0. The van der Waals surface area contributed by atoms with E-state index in [1.165, 1.54) is 30.3 Å².